The van der Waals surface area contributed by atoms with Gasteiger partial charge in [0.25, 0.3) is 0 Å². The van der Waals surface area contributed by atoms with Crippen LogP contribution in [0.15, 0.2) is 59.6 Å². The van der Waals surface area contributed by atoms with E-state index in [1.807, 2.05) is 61.7 Å². The average molecular weight is 256 g/mol. The summed E-state index contributed by atoms with van der Waals surface area (Å²) in [7, 11) is -1.24. The van der Waals surface area contributed by atoms with Crippen LogP contribution in [0.25, 0.3) is 11.0 Å². The molecular weight excluding hydrogens is 244 g/mol. The van der Waals surface area contributed by atoms with Crippen molar-refractivity contribution in [1.82, 2.24) is 8.96 Å². The lowest BCUT2D eigenvalue weighted by molar-refractivity contribution is 0.678. The minimum absolute atomic E-state index is 0.761. The Morgan fingerprint density at radius 2 is 1.83 bits per heavy atom. The lowest BCUT2D eigenvalue weighted by Gasteiger charge is -2.04. The Morgan fingerprint density at radius 1 is 1.06 bits per heavy atom. The summed E-state index contributed by atoms with van der Waals surface area (Å²) in [4.78, 5) is 5.23. The molecule has 1 aromatic carbocycles. The number of aromatic nitrogens is 2. The fourth-order valence-electron chi connectivity index (χ4n) is 1.86. The van der Waals surface area contributed by atoms with Gasteiger partial charge >= 0.3 is 0 Å². The van der Waals surface area contributed by atoms with Crippen LogP contribution in [0, 0.1) is 6.92 Å². The van der Waals surface area contributed by atoms with Crippen molar-refractivity contribution in [2.45, 2.75) is 11.8 Å². The molecular formula is C14H12N2OS. The highest BCUT2D eigenvalue weighted by Crippen LogP contribution is 2.18. The van der Waals surface area contributed by atoms with E-state index in [1.165, 1.54) is 0 Å². The van der Waals surface area contributed by atoms with Crippen LogP contribution in [-0.2, 0) is 11.0 Å². The number of nitrogens with zero attached hydrogens (tertiary/aromatic N) is 2. The fourth-order valence-corrected chi connectivity index (χ4v) is 2.96. The Bertz CT molecular complexity index is 719. The predicted octanol–water partition coefficient (Wildman–Crippen LogP) is 2.92. The zero-order valence-corrected chi connectivity index (χ0v) is 10.7. The summed E-state index contributed by atoms with van der Waals surface area (Å²) >= 11 is 0. The van der Waals surface area contributed by atoms with Gasteiger partial charge in [-0.25, -0.2) is 13.2 Å². The first-order valence-electron chi connectivity index (χ1n) is 5.68. The van der Waals surface area contributed by atoms with Crippen molar-refractivity contribution in [2.75, 3.05) is 0 Å². The van der Waals surface area contributed by atoms with Gasteiger partial charge in [0.2, 0.25) is 0 Å². The van der Waals surface area contributed by atoms with Gasteiger partial charge in [-0.3, -0.25) is 0 Å². The lowest BCUT2D eigenvalue weighted by atomic mass is 10.3. The molecule has 0 aliphatic rings. The van der Waals surface area contributed by atoms with Gasteiger partial charge in [0.05, 0.1) is 4.90 Å². The van der Waals surface area contributed by atoms with Crippen molar-refractivity contribution in [3.8, 4) is 0 Å². The average Bonchev–Trinajstić information content (AvgIpc) is 2.82. The molecule has 3 rings (SSSR count). The van der Waals surface area contributed by atoms with E-state index < -0.39 is 11.0 Å². The number of aryl methyl sites for hydroxylation is 1. The molecule has 0 saturated heterocycles. The van der Waals surface area contributed by atoms with E-state index in [1.54, 1.807) is 3.97 Å². The predicted molar refractivity (Wildman–Crippen MR) is 72.7 cm³/mol. The Morgan fingerprint density at radius 3 is 2.61 bits per heavy atom. The first kappa shape index (κ1) is 11.2. The summed E-state index contributed by atoms with van der Waals surface area (Å²) in [6.45, 7) is 1.93. The lowest BCUT2D eigenvalue weighted by Crippen LogP contribution is -2.04. The van der Waals surface area contributed by atoms with E-state index in [9.17, 15) is 4.21 Å². The molecule has 90 valence electrons. The molecule has 0 N–H and O–H groups in total. The summed E-state index contributed by atoms with van der Waals surface area (Å²) < 4.78 is 14.2. The highest BCUT2D eigenvalue weighted by atomic mass is 32.2. The van der Waals surface area contributed by atoms with Gasteiger partial charge in [0, 0.05) is 17.3 Å². The molecule has 3 aromatic rings. The number of benzene rings is 1. The second kappa shape index (κ2) is 4.38. The number of rotatable bonds is 2. The third kappa shape index (κ3) is 1.84. The fraction of sp³-hybridized carbons (Fsp3) is 0.0714. The second-order valence-electron chi connectivity index (χ2n) is 4.07. The van der Waals surface area contributed by atoms with Gasteiger partial charge in [-0.05, 0) is 37.3 Å². The molecule has 0 radical (unpaired) electrons. The number of fused-ring (bicyclic) bond motifs is 1. The molecule has 0 bridgehead atoms. The summed E-state index contributed by atoms with van der Waals surface area (Å²) in [5.74, 6) is 0. The van der Waals surface area contributed by atoms with Crippen molar-refractivity contribution in [3.63, 3.8) is 0 Å². The van der Waals surface area contributed by atoms with Crippen LogP contribution in [0.1, 0.15) is 5.69 Å². The summed E-state index contributed by atoms with van der Waals surface area (Å²) in [6, 6.07) is 15.3. The maximum absolute atomic E-state index is 12.5. The monoisotopic (exact) mass is 256 g/mol. The Balaban J connectivity index is 2.15. The summed E-state index contributed by atoms with van der Waals surface area (Å²) in [5.41, 5.74) is 1.68. The standard InChI is InChI=1S/C14H12N2OS/c1-11-7-8-12-9-10-16(14(12)15-11)18(17)13-5-3-2-4-6-13/h2-10H,1H3. The molecule has 1 atom stereocenters. The van der Waals surface area contributed by atoms with Crippen molar-refractivity contribution >= 4 is 22.0 Å². The Kier molecular flexibility index (Phi) is 2.72. The van der Waals surface area contributed by atoms with E-state index >= 15 is 0 Å². The van der Waals surface area contributed by atoms with Gasteiger partial charge in [-0.15, -0.1) is 0 Å². The van der Waals surface area contributed by atoms with Crippen LogP contribution in [-0.4, -0.2) is 13.2 Å². The first-order valence-corrected chi connectivity index (χ1v) is 6.78. The molecule has 0 aliphatic carbocycles. The summed E-state index contributed by atoms with van der Waals surface area (Å²) in [5, 5.41) is 1.00. The molecule has 1 unspecified atom stereocenters. The maximum atomic E-state index is 12.5. The van der Waals surface area contributed by atoms with Crippen molar-refractivity contribution in [2.24, 2.45) is 0 Å². The molecule has 2 heterocycles. The highest BCUT2D eigenvalue weighted by molar-refractivity contribution is 7.83. The molecule has 2 aromatic heterocycles. The van der Waals surface area contributed by atoms with Crippen LogP contribution < -0.4 is 0 Å². The molecule has 4 heteroatoms. The van der Waals surface area contributed by atoms with Crippen LogP contribution >= 0.6 is 0 Å². The van der Waals surface area contributed by atoms with Gasteiger partial charge in [-0.1, -0.05) is 18.2 Å². The SMILES string of the molecule is Cc1ccc2ccn(S(=O)c3ccccc3)c2n1. The van der Waals surface area contributed by atoms with Crippen LogP contribution in [0.4, 0.5) is 0 Å². The normalized spacial score (nSPS) is 12.7. The van der Waals surface area contributed by atoms with Crippen LogP contribution in [0.3, 0.4) is 0 Å². The largest absolute Gasteiger partial charge is 0.246 e. The zero-order valence-electron chi connectivity index (χ0n) is 9.91. The van der Waals surface area contributed by atoms with Crippen LogP contribution in [0.5, 0.6) is 0 Å². The van der Waals surface area contributed by atoms with Gasteiger partial charge in [0.15, 0.2) is 16.6 Å². The highest BCUT2D eigenvalue weighted by Gasteiger charge is 2.10. The topological polar surface area (TPSA) is 34.9 Å². The van der Waals surface area contributed by atoms with Crippen molar-refractivity contribution in [1.29, 1.82) is 0 Å². The van der Waals surface area contributed by atoms with E-state index in [0.29, 0.717) is 0 Å². The van der Waals surface area contributed by atoms with Gasteiger partial charge < -0.3 is 0 Å². The second-order valence-corrected chi connectivity index (χ2v) is 5.43. The summed E-state index contributed by atoms with van der Waals surface area (Å²) in [6.07, 6.45) is 1.82. The van der Waals surface area contributed by atoms with E-state index in [2.05, 4.69) is 4.98 Å². The van der Waals surface area contributed by atoms with E-state index in [0.717, 1.165) is 21.6 Å². The molecule has 0 fully saturated rings. The third-order valence-corrected chi connectivity index (χ3v) is 4.09. The number of hydrogen-bond donors (Lipinski definition) is 0. The van der Waals surface area contributed by atoms with Gasteiger partial charge in [0.1, 0.15) is 0 Å². The van der Waals surface area contributed by atoms with E-state index in [4.69, 9.17) is 0 Å². The number of hydrogen-bond acceptors (Lipinski definition) is 2. The minimum atomic E-state index is -1.24. The van der Waals surface area contributed by atoms with Crippen LogP contribution in [0.2, 0.25) is 0 Å². The van der Waals surface area contributed by atoms with Crippen molar-refractivity contribution in [3.05, 3.63) is 60.4 Å². The third-order valence-electron chi connectivity index (χ3n) is 2.77. The number of pyridine rings is 1. The van der Waals surface area contributed by atoms with Gasteiger partial charge in [-0.2, -0.15) is 0 Å². The molecule has 0 saturated carbocycles. The molecule has 3 nitrogen and oxygen atoms in total. The Labute approximate surface area is 108 Å². The molecule has 0 spiro atoms. The maximum Gasteiger partial charge on any atom is 0.158 e. The molecule has 0 amide bonds. The smallest absolute Gasteiger partial charge is 0.158 e. The minimum Gasteiger partial charge on any atom is -0.246 e. The Hall–Kier alpha value is -1.94. The molecule has 0 aliphatic heterocycles. The molecule has 18 heavy (non-hydrogen) atoms. The quantitative estimate of drug-likeness (QED) is 0.706. The van der Waals surface area contributed by atoms with E-state index in [-0.39, 0.29) is 0 Å². The first-order chi connectivity index (χ1) is 8.75. The zero-order chi connectivity index (χ0) is 12.5. The van der Waals surface area contributed by atoms with Crippen molar-refractivity contribution < 1.29 is 4.21 Å².